The van der Waals surface area contributed by atoms with E-state index in [2.05, 4.69) is 4.99 Å². The molecule has 0 amide bonds. The Bertz CT molecular complexity index is 550. The van der Waals surface area contributed by atoms with E-state index in [0.717, 1.165) is 0 Å². The standard InChI is InChI=1S/C13H13NO4/c1-3-17-13(16)11-8(2)14-10(12(11)15)7-9-5-4-6-18-9/h4-7,15H,3H2,1-2H3. The maximum atomic E-state index is 11.6. The number of aliphatic hydroxyl groups excluding tert-OH is 1. The fourth-order valence-electron chi connectivity index (χ4n) is 1.65. The van der Waals surface area contributed by atoms with Gasteiger partial charge in [0.15, 0.2) is 5.76 Å². The highest BCUT2D eigenvalue weighted by Crippen LogP contribution is 2.26. The Morgan fingerprint density at radius 2 is 2.39 bits per heavy atom. The van der Waals surface area contributed by atoms with Crippen LogP contribution in [0.5, 0.6) is 0 Å². The SMILES string of the molecule is CCOC(=O)C1=C(O)C(=Cc2ccco2)N=C1C. The van der Waals surface area contributed by atoms with Gasteiger partial charge in [-0.3, -0.25) is 0 Å². The summed E-state index contributed by atoms with van der Waals surface area (Å²) in [6.45, 7) is 3.60. The zero-order valence-electron chi connectivity index (χ0n) is 10.1. The van der Waals surface area contributed by atoms with Crippen LogP contribution in [0, 0.1) is 0 Å². The largest absolute Gasteiger partial charge is 0.505 e. The summed E-state index contributed by atoms with van der Waals surface area (Å²) in [6, 6.07) is 3.46. The van der Waals surface area contributed by atoms with Gasteiger partial charge in [0, 0.05) is 6.08 Å². The van der Waals surface area contributed by atoms with E-state index in [-0.39, 0.29) is 17.9 Å². The second kappa shape index (κ2) is 4.91. The number of carbonyl (C=O) groups is 1. The molecule has 0 bridgehead atoms. The van der Waals surface area contributed by atoms with Crippen molar-refractivity contribution in [2.24, 2.45) is 4.99 Å². The van der Waals surface area contributed by atoms with E-state index >= 15 is 0 Å². The quantitative estimate of drug-likeness (QED) is 0.833. The minimum atomic E-state index is -0.570. The van der Waals surface area contributed by atoms with E-state index in [1.54, 1.807) is 32.1 Å². The molecule has 0 aliphatic carbocycles. The van der Waals surface area contributed by atoms with Crippen LogP contribution in [-0.2, 0) is 9.53 Å². The Labute approximate surface area is 104 Å². The summed E-state index contributed by atoms with van der Waals surface area (Å²) in [5.41, 5.74) is 0.837. The van der Waals surface area contributed by atoms with E-state index < -0.39 is 5.97 Å². The molecule has 5 nitrogen and oxygen atoms in total. The molecule has 0 aromatic carbocycles. The van der Waals surface area contributed by atoms with Gasteiger partial charge in [-0.1, -0.05) is 0 Å². The predicted octanol–water partition coefficient (Wildman–Crippen LogP) is 2.47. The molecule has 0 fully saturated rings. The zero-order chi connectivity index (χ0) is 13.1. The van der Waals surface area contributed by atoms with Crippen LogP contribution in [0.25, 0.3) is 6.08 Å². The molecule has 1 aromatic rings. The Kier molecular flexibility index (Phi) is 3.32. The van der Waals surface area contributed by atoms with Crippen molar-refractivity contribution in [1.82, 2.24) is 0 Å². The van der Waals surface area contributed by atoms with Gasteiger partial charge in [-0.25, -0.2) is 9.79 Å². The summed E-state index contributed by atoms with van der Waals surface area (Å²) in [6.07, 6.45) is 3.08. The number of aliphatic imine (C=N–C) groups is 1. The average molecular weight is 247 g/mol. The topological polar surface area (TPSA) is 72.0 Å². The molecule has 2 rings (SSSR count). The minimum Gasteiger partial charge on any atom is -0.505 e. The maximum absolute atomic E-state index is 11.6. The number of rotatable bonds is 3. The lowest BCUT2D eigenvalue weighted by Gasteiger charge is -2.02. The first-order valence-corrected chi connectivity index (χ1v) is 5.55. The van der Waals surface area contributed by atoms with Crippen LogP contribution < -0.4 is 0 Å². The monoisotopic (exact) mass is 247 g/mol. The third kappa shape index (κ3) is 2.20. The smallest absolute Gasteiger partial charge is 0.343 e. The van der Waals surface area contributed by atoms with Gasteiger partial charge in [-0.2, -0.15) is 0 Å². The normalized spacial score (nSPS) is 17.2. The number of hydrogen-bond donors (Lipinski definition) is 1. The van der Waals surface area contributed by atoms with Crippen molar-refractivity contribution < 1.29 is 19.1 Å². The van der Waals surface area contributed by atoms with Gasteiger partial charge in [-0.05, 0) is 26.0 Å². The van der Waals surface area contributed by atoms with Crippen LogP contribution in [0.4, 0.5) is 0 Å². The van der Waals surface area contributed by atoms with E-state index in [1.807, 2.05) is 0 Å². The Hall–Kier alpha value is -2.30. The third-order valence-corrected chi connectivity index (χ3v) is 2.43. The summed E-state index contributed by atoms with van der Waals surface area (Å²) >= 11 is 0. The zero-order valence-corrected chi connectivity index (χ0v) is 10.1. The number of furan rings is 1. The first kappa shape index (κ1) is 12.2. The summed E-state index contributed by atoms with van der Waals surface area (Å²) in [5, 5.41) is 9.97. The van der Waals surface area contributed by atoms with Crippen LogP contribution in [0.15, 0.2) is 44.8 Å². The lowest BCUT2D eigenvalue weighted by molar-refractivity contribution is -0.138. The van der Waals surface area contributed by atoms with Gasteiger partial charge in [0.05, 0.1) is 18.6 Å². The van der Waals surface area contributed by atoms with E-state index in [9.17, 15) is 9.90 Å². The first-order valence-electron chi connectivity index (χ1n) is 5.55. The number of aliphatic hydroxyl groups is 1. The number of nitrogens with zero attached hydrogens (tertiary/aromatic N) is 1. The number of hydrogen-bond acceptors (Lipinski definition) is 5. The highest BCUT2D eigenvalue weighted by Gasteiger charge is 2.27. The van der Waals surface area contributed by atoms with Crippen molar-refractivity contribution in [1.29, 1.82) is 0 Å². The third-order valence-electron chi connectivity index (χ3n) is 2.43. The Morgan fingerprint density at radius 1 is 1.61 bits per heavy atom. The molecule has 1 aromatic heterocycles. The average Bonchev–Trinajstić information content (AvgIpc) is 2.89. The van der Waals surface area contributed by atoms with Gasteiger partial charge in [0.1, 0.15) is 17.0 Å². The first-order chi connectivity index (χ1) is 8.63. The van der Waals surface area contributed by atoms with E-state index in [0.29, 0.717) is 17.2 Å². The Balaban J connectivity index is 2.35. The van der Waals surface area contributed by atoms with Crippen molar-refractivity contribution in [3.8, 4) is 0 Å². The molecular formula is C13H13NO4. The summed E-state index contributed by atoms with van der Waals surface area (Å²) < 4.78 is 9.99. The van der Waals surface area contributed by atoms with Gasteiger partial charge >= 0.3 is 5.97 Å². The van der Waals surface area contributed by atoms with Gasteiger partial charge in [0.25, 0.3) is 0 Å². The van der Waals surface area contributed by atoms with Crippen LogP contribution in [0.1, 0.15) is 19.6 Å². The molecule has 0 radical (unpaired) electrons. The molecule has 0 saturated carbocycles. The van der Waals surface area contributed by atoms with Gasteiger partial charge < -0.3 is 14.3 Å². The summed E-state index contributed by atoms with van der Waals surface area (Å²) in [4.78, 5) is 15.8. The molecule has 1 aliphatic rings. The van der Waals surface area contributed by atoms with Crippen molar-refractivity contribution >= 4 is 17.8 Å². The van der Waals surface area contributed by atoms with Crippen molar-refractivity contribution in [2.45, 2.75) is 13.8 Å². The summed E-state index contributed by atoms with van der Waals surface area (Å²) in [7, 11) is 0. The second-order valence-corrected chi connectivity index (χ2v) is 3.69. The van der Waals surface area contributed by atoms with E-state index in [4.69, 9.17) is 9.15 Å². The highest BCUT2D eigenvalue weighted by molar-refractivity contribution is 6.21. The number of carbonyl (C=O) groups excluding carboxylic acids is 1. The fraction of sp³-hybridized carbons (Fsp3) is 0.231. The Morgan fingerprint density at radius 3 is 3.00 bits per heavy atom. The molecule has 0 spiro atoms. The van der Waals surface area contributed by atoms with Crippen molar-refractivity contribution in [3.63, 3.8) is 0 Å². The molecule has 2 heterocycles. The predicted molar refractivity (Wildman–Crippen MR) is 66.1 cm³/mol. The van der Waals surface area contributed by atoms with Crippen LogP contribution >= 0.6 is 0 Å². The van der Waals surface area contributed by atoms with Gasteiger partial charge in [-0.15, -0.1) is 0 Å². The molecule has 1 N–H and O–H groups in total. The molecule has 94 valence electrons. The number of ether oxygens (including phenoxy) is 1. The lowest BCUT2D eigenvalue weighted by atomic mass is 10.1. The lowest BCUT2D eigenvalue weighted by Crippen LogP contribution is -2.13. The second-order valence-electron chi connectivity index (χ2n) is 3.69. The van der Waals surface area contributed by atoms with Crippen LogP contribution in [-0.4, -0.2) is 23.4 Å². The van der Waals surface area contributed by atoms with Crippen LogP contribution in [0.2, 0.25) is 0 Å². The minimum absolute atomic E-state index is 0.106. The molecule has 0 unspecified atom stereocenters. The molecule has 0 saturated heterocycles. The highest BCUT2D eigenvalue weighted by atomic mass is 16.5. The molecule has 5 heteroatoms. The van der Waals surface area contributed by atoms with E-state index in [1.165, 1.54) is 6.26 Å². The van der Waals surface area contributed by atoms with Crippen molar-refractivity contribution in [3.05, 3.63) is 41.2 Å². The molecular weight excluding hydrogens is 234 g/mol. The van der Waals surface area contributed by atoms with Crippen molar-refractivity contribution in [2.75, 3.05) is 6.61 Å². The summed E-state index contributed by atoms with van der Waals surface area (Å²) in [5.74, 6) is -0.195. The number of esters is 1. The maximum Gasteiger partial charge on any atom is 0.343 e. The molecule has 1 aliphatic heterocycles. The molecule has 0 atom stereocenters. The van der Waals surface area contributed by atoms with Crippen LogP contribution in [0.3, 0.4) is 0 Å². The molecule has 18 heavy (non-hydrogen) atoms. The fourth-order valence-corrected chi connectivity index (χ4v) is 1.65. The van der Waals surface area contributed by atoms with Gasteiger partial charge in [0.2, 0.25) is 0 Å².